The normalized spacial score (nSPS) is 11.7. The molecule has 0 spiro atoms. The van der Waals surface area contributed by atoms with Crippen LogP contribution in [0.25, 0.3) is 0 Å². The molecule has 0 unspecified atom stereocenters. The molecule has 1 aromatic carbocycles. The van der Waals surface area contributed by atoms with E-state index >= 15 is 0 Å². The van der Waals surface area contributed by atoms with E-state index in [0.717, 1.165) is 6.07 Å². The van der Waals surface area contributed by atoms with Crippen molar-refractivity contribution in [2.45, 2.75) is 26.1 Å². The number of amides is 1. The van der Waals surface area contributed by atoms with Crippen LogP contribution in [0.5, 0.6) is 0 Å². The highest BCUT2D eigenvalue weighted by Gasteiger charge is 2.35. The third kappa shape index (κ3) is 2.99. The molecule has 0 saturated heterocycles. The Bertz CT molecular complexity index is 412. The summed E-state index contributed by atoms with van der Waals surface area (Å²) < 4.78 is 38.1. The zero-order valence-electron chi connectivity index (χ0n) is 9.88. The van der Waals surface area contributed by atoms with Gasteiger partial charge in [-0.15, -0.1) is 0 Å². The van der Waals surface area contributed by atoms with E-state index in [1.165, 1.54) is 30.1 Å². The molecule has 2 nitrogen and oxygen atoms in total. The zero-order chi connectivity index (χ0) is 13.2. The lowest BCUT2D eigenvalue weighted by atomic mass is 10.1. The maximum absolute atomic E-state index is 12.7. The van der Waals surface area contributed by atoms with Crippen LogP contribution in [-0.4, -0.2) is 23.9 Å². The molecule has 94 valence electrons. The van der Waals surface area contributed by atoms with Crippen molar-refractivity contribution in [3.8, 4) is 0 Å². The molecule has 0 radical (unpaired) electrons. The molecule has 0 saturated carbocycles. The van der Waals surface area contributed by atoms with Crippen molar-refractivity contribution in [3.05, 3.63) is 35.4 Å². The minimum atomic E-state index is -4.51. The Hall–Kier alpha value is -1.52. The van der Waals surface area contributed by atoms with E-state index in [0.29, 0.717) is 0 Å². The van der Waals surface area contributed by atoms with Crippen LogP contribution in [-0.2, 0) is 6.18 Å². The van der Waals surface area contributed by atoms with Gasteiger partial charge in [-0.05, 0) is 26.0 Å². The maximum atomic E-state index is 12.7. The summed E-state index contributed by atoms with van der Waals surface area (Å²) >= 11 is 0. The van der Waals surface area contributed by atoms with Crippen LogP contribution in [0.1, 0.15) is 29.8 Å². The standard InChI is InChI=1S/C12H14F3NO/c1-8(2)16(3)11(17)9-6-4-5-7-10(9)12(13,14)15/h4-8H,1-3H3. The van der Waals surface area contributed by atoms with Crippen LogP contribution in [0.3, 0.4) is 0 Å². The van der Waals surface area contributed by atoms with Gasteiger partial charge in [-0.1, -0.05) is 12.1 Å². The second kappa shape index (κ2) is 4.77. The lowest BCUT2D eigenvalue weighted by molar-refractivity contribution is -0.138. The Morgan fingerprint density at radius 3 is 2.24 bits per heavy atom. The van der Waals surface area contributed by atoms with Crippen molar-refractivity contribution in [2.75, 3.05) is 7.05 Å². The molecule has 17 heavy (non-hydrogen) atoms. The molecule has 0 aliphatic carbocycles. The van der Waals surface area contributed by atoms with E-state index in [1.54, 1.807) is 13.8 Å². The minimum Gasteiger partial charge on any atom is -0.339 e. The molecule has 0 aliphatic rings. The van der Waals surface area contributed by atoms with Gasteiger partial charge in [0.25, 0.3) is 5.91 Å². The molecule has 0 atom stereocenters. The Labute approximate surface area is 98.0 Å². The van der Waals surface area contributed by atoms with E-state index in [2.05, 4.69) is 0 Å². The molecule has 0 heterocycles. The third-order valence-electron chi connectivity index (χ3n) is 2.56. The van der Waals surface area contributed by atoms with E-state index in [9.17, 15) is 18.0 Å². The lowest BCUT2D eigenvalue weighted by Crippen LogP contribution is -2.34. The van der Waals surface area contributed by atoms with Crippen LogP contribution < -0.4 is 0 Å². The fourth-order valence-electron chi connectivity index (χ4n) is 1.34. The van der Waals surface area contributed by atoms with Crippen molar-refractivity contribution in [3.63, 3.8) is 0 Å². The van der Waals surface area contributed by atoms with Crippen molar-refractivity contribution in [1.82, 2.24) is 4.90 Å². The Morgan fingerprint density at radius 1 is 1.24 bits per heavy atom. The number of hydrogen-bond donors (Lipinski definition) is 0. The molecule has 0 N–H and O–H groups in total. The Morgan fingerprint density at radius 2 is 1.76 bits per heavy atom. The number of halogens is 3. The minimum absolute atomic E-state index is 0.149. The number of alkyl halides is 3. The van der Waals surface area contributed by atoms with E-state index in [4.69, 9.17) is 0 Å². The molecule has 0 aliphatic heterocycles. The molecule has 1 amide bonds. The largest absolute Gasteiger partial charge is 0.417 e. The highest BCUT2D eigenvalue weighted by atomic mass is 19.4. The summed E-state index contributed by atoms with van der Waals surface area (Å²) in [6.45, 7) is 3.49. The molecule has 0 aromatic heterocycles. The molecule has 0 bridgehead atoms. The fraction of sp³-hybridized carbons (Fsp3) is 0.417. The molecule has 5 heteroatoms. The van der Waals surface area contributed by atoms with Gasteiger partial charge >= 0.3 is 6.18 Å². The first-order valence-electron chi connectivity index (χ1n) is 5.18. The van der Waals surface area contributed by atoms with Gasteiger partial charge in [-0.25, -0.2) is 0 Å². The summed E-state index contributed by atoms with van der Waals surface area (Å²) in [6, 6.07) is 4.67. The predicted octanol–water partition coefficient (Wildman–Crippen LogP) is 3.19. The number of rotatable bonds is 2. The molecular formula is C12H14F3NO. The summed E-state index contributed by atoms with van der Waals surface area (Å²) in [5, 5.41) is 0. The number of benzene rings is 1. The van der Waals surface area contributed by atoms with Gasteiger partial charge in [-0.2, -0.15) is 13.2 Å². The van der Waals surface area contributed by atoms with Crippen molar-refractivity contribution in [1.29, 1.82) is 0 Å². The van der Waals surface area contributed by atoms with Crippen molar-refractivity contribution >= 4 is 5.91 Å². The number of carbonyl (C=O) groups is 1. The van der Waals surface area contributed by atoms with E-state index in [-0.39, 0.29) is 11.6 Å². The van der Waals surface area contributed by atoms with Crippen molar-refractivity contribution < 1.29 is 18.0 Å². The first-order chi connectivity index (χ1) is 7.75. The SMILES string of the molecule is CC(C)N(C)C(=O)c1ccccc1C(F)(F)F. The third-order valence-corrected chi connectivity index (χ3v) is 2.56. The number of hydrogen-bond acceptors (Lipinski definition) is 1. The summed E-state index contributed by atoms with van der Waals surface area (Å²) in [6.07, 6.45) is -4.51. The van der Waals surface area contributed by atoms with E-state index < -0.39 is 17.6 Å². The lowest BCUT2D eigenvalue weighted by Gasteiger charge is -2.23. The smallest absolute Gasteiger partial charge is 0.339 e. The average molecular weight is 245 g/mol. The quantitative estimate of drug-likeness (QED) is 0.783. The average Bonchev–Trinajstić information content (AvgIpc) is 2.25. The summed E-state index contributed by atoms with van der Waals surface area (Å²) in [7, 11) is 1.49. The van der Waals surface area contributed by atoms with Gasteiger partial charge in [0, 0.05) is 13.1 Å². The summed E-state index contributed by atoms with van der Waals surface area (Å²) in [4.78, 5) is 13.2. The van der Waals surface area contributed by atoms with Gasteiger partial charge in [0.05, 0.1) is 11.1 Å². The fourth-order valence-corrected chi connectivity index (χ4v) is 1.34. The molecule has 1 rings (SSSR count). The second-order valence-electron chi connectivity index (χ2n) is 4.05. The highest BCUT2D eigenvalue weighted by molar-refractivity contribution is 5.95. The van der Waals surface area contributed by atoms with Crippen molar-refractivity contribution in [2.24, 2.45) is 0 Å². The van der Waals surface area contributed by atoms with Crippen LogP contribution in [0.4, 0.5) is 13.2 Å². The molecular weight excluding hydrogens is 231 g/mol. The summed E-state index contributed by atoms with van der Waals surface area (Å²) in [5.41, 5.74) is -1.20. The van der Waals surface area contributed by atoms with Gasteiger partial charge in [0.15, 0.2) is 0 Å². The predicted molar refractivity (Wildman–Crippen MR) is 58.7 cm³/mol. The zero-order valence-corrected chi connectivity index (χ0v) is 9.88. The van der Waals surface area contributed by atoms with Crippen LogP contribution in [0, 0.1) is 0 Å². The van der Waals surface area contributed by atoms with Gasteiger partial charge in [-0.3, -0.25) is 4.79 Å². The Balaban J connectivity index is 3.19. The monoisotopic (exact) mass is 245 g/mol. The van der Waals surface area contributed by atoms with Crippen LogP contribution in [0.2, 0.25) is 0 Å². The summed E-state index contributed by atoms with van der Waals surface area (Å²) in [5.74, 6) is -0.618. The maximum Gasteiger partial charge on any atom is 0.417 e. The van der Waals surface area contributed by atoms with Crippen LogP contribution in [0.15, 0.2) is 24.3 Å². The van der Waals surface area contributed by atoms with E-state index in [1.807, 2.05) is 0 Å². The highest BCUT2D eigenvalue weighted by Crippen LogP contribution is 2.32. The van der Waals surface area contributed by atoms with Gasteiger partial charge in [0.1, 0.15) is 0 Å². The number of nitrogens with zero attached hydrogens (tertiary/aromatic N) is 1. The van der Waals surface area contributed by atoms with Gasteiger partial charge < -0.3 is 4.90 Å². The topological polar surface area (TPSA) is 20.3 Å². The molecule has 1 aromatic rings. The van der Waals surface area contributed by atoms with Gasteiger partial charge in [0.2, 0.25) is 0 Å². The first-order valence-corrected chi connectivity index (χ1v) is 5.18. The first kappa shape index (κ1) is 13.5. The number of carbonyl (C=O) groups excluding carboxylic acids is 1. The Kier molecular flexibility index (Phi) is 3.80. The van der Waals surface area contributed by atoms with Crippen LogP contribution >= 0.6 is 0 Å². The molecule has 0 fully saturated rings. The second-order valence-corrected chi connectivity index (χ2v) is 4.05.